The molecule has 1 aromatic rings. The minimum atomic E-state index is -0.0556. The lowest BCUT2D eigenvalue weighted by molar-refractivity contribution is 0.0951. The number of benzene rings is 1. The Morgan fingerprint density at radius 1 is 1.30 bits per heavy atom. The zero-order valence-electron chi connectivity index (χ0n) is 11.5. The van der Waals surface area contributed by atoms with Gasteiger partial charge in [0.1, 0.15) is 13.2 Å². The van der Waals surface area contributed by atoms with Crippen molar-refractivity contribution in [2.75, 3.05) is 26.3 Å². The molecule has 0 spiro atoms. The second kappa shape index (κ2) is 6.13. The minimum Gasteiger partial charge on any atom is -0.486 e. The highest BCUT2D eigenvalue weighted by Crippen LogP contribution is 2.30. The molecule has 0 saturated carbocycles. The number of hydrogen-bond acceptors (Lipinski definition) is 4. The zero-order valence-corrected chi connectivity index (χ0v) is 11.5. The second-order valence-corrected chi connectivity index (χ2v) is 5.20. The first-order valence-electron chi connectivity index (χ1n) is 7.24. The van der Waals surface area contributed by atoms with Crippen LogP contribution in [0.25, 0.3) is 0 Å². The van der Waals surface area contributed by atoms with Gasteiger partial charge in [0.15, 0.2) is 11.5 Å². The Kier molecular flexibility index (Phi) is 4.06. The lowest BCUT2D eigenvalue weighted by atomic mass is 10.1. The van der Waals surface area contributed by atoms with Gasteiger partial charge in [0, 0.05) is 18.2 Å². The summed E-state index contributed by atoms with van der Waals surface area (Å²) < 4.78 is 10.9. The Balaban J connectivity index is 1.53. The predicted octanol–water partition coefficient (Wildman–Crippen LogP) is 1.33. The standard InChI is InChI=1S/C15H20N2O3/c18-15(17-7-5-12-2-1-6-16-12)11-3-4-13-14(10-11)20-9-8-19-13/h3-4,10,12,16H,1-2,5-9H2,(H,17,18)/t12-/m0/s1. The molecule has 2 heterocycles. The van der Waals surface area contributed by atoms with Crippen LogP contribution in [0, 0.1) is 0 Å². The van der Waals surface area contributed by atoms with E-state index in [0.29, 0.717) is 42.9 Å². The molecule has 3 rings (SSSR count). The molecular formula is C15H20N2O3. The van der Waals surface area contributed by atoms with Crippen molar-refractivity contribution in [2.24, 2.45) is 0 Å². The first-order valence-corrected chi connectivity index (χ1v) is 7.24. The molecule has 5 heteroatoms. The van der Waals surface area contributed by atoms with E-state index in [1.165, 1.54) is 12.8 Å². The van der Waals surface area contributed by atoms with E-state index in [1.54, 1.807) is 18.2 Å². The molecule has 2 aliphatic rings. The van der Waals surface area contributed by atoms with Crippen molar-refractivity contribution < 1.29 is 14.3 Å². The first kappa shape index (κ1) is 13.2. The summed E-state index contributed by atoms with van der Waals surface area (Å²) >= 11 is 0. The molecule has 1 saturated heterocycles. The summed E-state index contributed by atoms with van der Waals surface area (Å²) in [5, 5.41) is 6.38. The van der Waals surface area contributed by atoms with Gasteiger partial charge in [-0.15, -0.1) is 0 Å². The van der Waals surface area contributed by atoms with Crippen molar-refractivity contribution in [2.45, 2.75) is 25.3 Å². The highest BCUT2D eigenvalue weighted by atomic mass is 16.6. The van der Waals surface area contributed by atoms with Crippen molar-refractivity contribution in [1.29, 1.82) is 0 Å². The van der Waals surface area contributed by atoms with E-state index >= 15 is 0 Å². The van der Waals surface area contributed by atoms with Gasteiger partial charge >= 0.3 is 0 Å². The third-order valence-electron chi connectivity index (χ3n) is 3.75. The van der Waals surface area contributed by atoms with E-state index in [2.05, 4.69) is 10.6 Å². The van der Waals surface area contributed by atoms with Crippen LogP contribution < -0.4 is 20.1 Å². The fourth-order valence-corrected chi connectivity index (χ4v) is 2.65. The van der Waals surface area contributed by atoms with Crippen LogP contribution in [-0.4, -0.2) is 38.3 Å². The molecule has 0 aromatic heterocycles. The molecule has 0 unspecified atom stereocenters. The van der Waals surface area contributed by atoms with Gasteiger partial charge in [-0.1, -0.05) is 0 Å². The van der Waals surface area contributed by atoms with Gasteiger partial charge in [-0.05, 0) is 44.0 Å². The van der Waals surface area contributed by atoms with Crippen molar-refractivity contribution in [3.05, 3.63) is 23.8 Å². The molecule has 0 bridgehead atoms. The fraction of sp³-hybridized carbons (Fsp3) is 0.533. The molecule has 2 N–H and O–H groups in total. The smallest absolute Gasteiger partial charge is 0.251 e. The van der Waals surface area contributed by atoms with Crippen LogP contribution in [-0.2, 0) is 0 Å². The van der Waals surface area contributed by atoms with Crippen molar-refractivity contribution in [3.63, 3.8) is 0 Å². The monoisotopic (exact) mass is 276 g/mol. The summed E-state index contributed by atoms with van der Waals surface area (Å²) in [5.41, 5.74) is 0.619. The first-order chi connectivity index (χ1) is 9.83. The lowest BCUT2D eigenvalue weighted by Crippen LogP contribution is -2.30. The van der Waals surface area contributed by atoms with E-state index in [1.807, 2.05) is 0 Å². The van der Waals surface area contributed by atoms with Gasteiger partial charge in [-0.25, -0.2) is 0 Å². The van der Waals surface area contributed by atoms with E-state index in [4.69, 9.17) is 9.47 Å². The van der Waals surface area contributed by atoms with Crippen LogP contribution in [0.1, 0.15) is 29.6 Å². The molecule has 1 atom stereocenters. The average Bonchev–Trinajstić information content (AvgIpc) is 3.00. The summed E-state index contributed by atoms with van der Waals surface area (Å²) in [6.45, 7) is 2.89. The van der Waals surface area contributed by atoms with Crippen LogP contribution in [0.15, 0.2) is 18.2 Å². The number of ether oxygens (including phenoxy) is 2. The summed E-state index contributed by atoms with van der Waals surface area (Å²) in [7, 11) is 0. The molecule has 108 valence electrons. The Labute approximate surface area is 118 Å². The molecule has 20 heavy (non-hydrogen) atoms. The van der Waals surface area contributed by atoms with Crippen LogP contribution in [0.4, 0.5) is 0 Å². The van der Waals surface area contributed by atoms with E-state index in [-0.39, 0.29) is 5.91 Å². The summed E-state index contributed by atoms with van der Waals surface area (Å²) in [6, 6.07) is 5.87. The van der Waals surface area contributed by atoms with Gasteiger partial charge in [0.25, 0.3) is 5.91 Å². The van der Waals surface area contributed by atoms with Crippen LogP contribution in [0.2, 0.25) is 0 Å². The Bertz CT molecular complexity index is 484. The van der Waals surface area contributed by atoms with Crippen molar-refractivity contribution >= 4 is 5.91 Å². The molecule has 0 radical (unpaired) electrons. The van der Waals surface area contributed by atoms with E-state index < -0.39 is 0 Å². The summed E-state index contributed by atoms with van der Waals surface area (Å²) in [6.07, 6.45) is 3.43. The highest BCUT2D eigenvalue weighted by Gasteiger charge is 2.16. The molecule has 5 nitrogen and oxygen atoms in total. The molecule has 1 amide bonds. The van der Waals surface area contributed by atoms with Gasteiger partial charge < -0.3 is 20.1 Å². The quantitative estimate of drug-likeness (QED) is 0.871. The Morgan fingerprint density at radius 2 is 2.15 bits per heavy atom. The molecule has 1 aromatic carbocycles. The SMILES string of the molecule is O=C(NCC[C@@H]1CCCN1)c1ccc2c(c1)OCCO2. The predicted molar refractivity (Wildman–Crippen MR) is 75.4 cm³/mol. The van der Waals surface area contributed by atoms with Gasteiger partial charge in [0.2, 0.25) is 0 Å². The molecule has 2 aliphatic heterocycles. The number of hydrogen-bond donors (Lipinski definition) is 2. The number of fused-ring (bicyclic) bond motifs is 1. The minimum absolute atomic E-state index is 0.0556. The molecular weight excluding hydrogens is 256 g/mol. The number of nitrogens with one attached hydrogen (secondary N) is 2. The number of carbonyl (C=O) groups is 1. The van der Waals surface area contributed by atoms with E-state index in [0.717, 1.165) is 13.0 Å². The highest BCUT2D eigenvalue weighted by molar-refractivity contribution is 5.94. The lowest BCUT2D eigenvalue weighted by Gasteiger charge is -2.18. The van der Waals surface area contributed by atoms with Gasteiger partial charge in [-0.2, -0.15) is 0 Å². The van der Waals surface area contributed by atoms with Crippen LogP contribution >= 0.6 is 0 Å². The maximum absolute atomic E-state index is 12.1. The van der Waals surface area contributed by atoms with Gasteiger partial charge in [0.05, 0.1) is 0 Å². The third kappa shape index (κ3) is 3.04. The van der Waals surface area contributed by atoms with Gasteiger partial charge in [-0.3, -0.25) is 4.79 Å². The summed E-state index contributed by atoms with van der Waals surface area (Å²) in [4.78, 5) is 12.1. The fourth-order valence-electron chi connectivity index (χ4n) is 2.65. The normalized spacial score (nSPS) is 20.7. The maximum atomic E-state index is 12.1. The Hall–Kier alpha value is -1.75. The largest absolute Gasteiger partial charge is 0.486 e. The molecule has 1 fully saturated rings. The zero-order chi connectivity index (χ0) is 13.8. The number of amides is 1. The average molecular weight is 276 g/mol. The third-order valence-corrected chi connectivity index (χ3v) is 3.75. The molecule has 0 aliphatic carbocycles. The Morgan fingerprint density at radius 3 is 2.95 bits per heavy atom. The van der Waals surface area contributed by atoms with Crippen LogP contribution in [0.3, 0.4) is 0 Å². The van der Waals surface area contributed by atoms with Crippen molar-refractivity contribution in [3.8, 4) is 11.5 Å². The summed E-state index contributed by atoms with van der Waals surface area (Å²) in [5.74, 6) is 1.31. The maximum Gasteiger partial charge on any atom is 0.251 e. The number of carbonyl (C=O) groups excluding carboxylic acids is 1. The van der Waals surface area contributed by atoms with E-state index in [9.17, 15) is 4.79 Å². The second-order valence-electron chi connectivity index (χ2n) is 5.20. The number of rotatable bonds is 4. The van der Waals surface area contributed by atoms with Crippen LogP contribution in [0.5, 0.6) is 11.5 Å². The topological polar surface area (TPSA) is 59.6 Å². The van der Waals surface area contributed by atoms with Crippen molar-refractivity contribution in [1.82, 2.24) is 10.6 Å².